The molecule has 0 aliphatic rings. The quantitative estimate of drug-likeness (QED) is 0.0203. The van der Waals surface area contributed by atoms with Gasteiger partial charge in [-0.25, -0.2) is 13.2 Å². The summed E-state index contributed by atoms with van der Waals surface area (Å²) in [6, 6.07) is 0. The Hall–Kier alpha value is -2.82. The number of hydrogen-bond acceptors (Lipinski definition) is 14. The molecule has 0 saturated carbocycles. The fourth-order valence-corrected chi connectivity index (χ4v) is 5.35. The Bertz CT molecular complexity index is 1340. The molecule has 0 fully saturated rings. The van der Waals surface area contributed by atoms with Crippen LogP contribution in [0.15, 0.2) is 6.58 Å². The van der Waals surface area contributed by atoms with Gasteiger partial charge in [0.25, 0.3) is 0 Å². The molecule has 0 aliphatic carbocycles. The number of esters is 1. The van der Waals surface area contributed by atoms with Crippen LogP contribution in [-0.4, -0.2) is 163 Å². The molecule has 0 atom stereocenters. The third-order valence-corrected chi connectivity index (χ3v) is 8.52. The van der Waals surface area contributed by atoms with E-state index in [2.05, 4.69) is 18.8 Å². The van der Waals surface area contributed by atoms with Crippen molar-refractivity contribution >= 4 is 17.4 Å². The Morgan fingerprint density at radius 2 is 0.857 bits per heavy atom. The largest absolute Gasteiger partial charge is 0.422 e. The Morgan fingerprint density at radius 1 is 0.476 bits per heavy atom. The van der Waals surface area contributed by atoms with Crippen LogP contribution in [0.25, 0.3) is 5.57 Å². The predicted octanol–water partition coefficient (Wildman–Crippen LogP) is 6.01. The van der Waals surface area contributed by atoms with Crippen LogP contribution in [0.3, 0.4) is 0 Å². The van der Waals surface area contributed by atoms with Crippen LogP contribution in [0.1, 0.15) is 78.2 Å². The minimum Gasteiger partial charge on any atom is -0.422 e. The molecule has 0 unspecified atom stereocenters. The molecule has 1 amide bonds. The van der Waals surface area contributed by atoms with Gasteiger partial charge in [-0.1, -0.05) is 40.2 Å². The van der Waals surface area contributed by atoms with Gasteiger partial charge in [-0.3, -0.25) is 9.59 Å². The highest BCUT2D eigenvalue weighted by atomic mass is 19.2. The van der Waals surface area contributed by atoms with Crippen molar-refractivity contribution in [1.29, 1.82) is 0 Å². The number of halogens is 4. The van der Waals surface area contributed by atoms with E-state index >= 15 is 0 Å². The van der Waals surface area contributed by atoms with Crippen LogP contribution in [0.2, 0.25) is 0 Å². The van der Waals surface area contributed by atoms with Crippen molar-refractivity contribution in [2.24, 2.45) is 0 Å². The second-order valence-electron chi connectivity index (χ2n) is 14.3. The van der Waals surface area contributed by atoms with Crippen LogP contribution < -0.4 is 10.1 Å². The number of ether oxygens (including phenoxy) is 12. The molecule has 366 valence electrons. The van der Waals surface area contributed by atoms with E-state index in [1.165, 1.54) is 6.92 Å². The first kappa shape index (κ1) is 58.2. The van der Waals surface area contributed by atoms with E-state index in [9.17, 15) is 27.2 Å². The lowest BCUT2D eigenvalue weighted by Crippen LogP contribution is -2.59. The summed E-state index contributed by atoms with van der Waals surface area (Å²) in [6.07, 6.45) is 4.62. The van der Waals surface area contributed by atoms with Gasteiger partial charge in [0.2, 0.25) is 17.5 Å². The number of unbranched alkanes of at least 4 members (excludes halogenated alkanes) is 2. The van der Waals surface area contributed by atoms with Crippen LogP contribution in [0, 0.1) is 23.3 Å². The maximum absolute atomic E-state index is 14.3. The van der Waals surface area contributed by atoms with E-state index < -0.39 is 52.5 Å². The Morgan fingerprint density at radius 3 is 1.29 bits per heavy atom. The number of amides is 1. The molecule has 63 heavy (non-hydrogen) atoms. The molecule has 0 aliphatic heterocycles. The SMILES string of the molecule is C=C(C)c1c(F)c(F)c(F)c(F)c1OC(=O)CCOCCOCCC(=O)NC(COCCOCCOCCC)(COCCOCCOCCC)COCCOCCOCCCCC. The first-order valence-electron chi connectivity index (χ1n) is 21.9. The normalized spacial score (nSPS) is 11.7. The lowest BCUT2D eigenvalue weighted by Gasteiger charge is -2.34. The molecular formula is C44H73F4NO14. The summed E-state index contributed by atoms with van der Waals surface area (Å²) in [5.41, 5.74) is -2.07. The van der Waals surface area contributed by atoms with E-state index in [0.717, 1.165) is 32.1 Å². The summed E-state index contributed by atoms with van der Waals surface area (Å²) < 4.78 is 123. The zero-order chi connectivity index (χ0) is 46.4. The summed E-state index contributed by atoms with van der Waals surface area (Å²) in [7, 11) is 0. The number of carbonyl (C=O) groups excluding carboxylic acids is 2. The molecule has 0 heterocycles. The molecule has 0 radical (unpaired) electrons. The predicted molar refractivity (Wildman–Crippen MR) is 226 cm³/mol. The van der Waals surface area contributed by atoms with E-state index in [1.807, 2.05) is 13.8 Å². The summed E-state index contributed by atoms with van der Waals surface area (Å²) >= 11 is 0. The van der Waals surface area contributed by atoms with E-state index in [1.54, 1.807) is 0 Å². The standard InChI is InChI=1S/C44H73F4NO14/c1-6-9-10-15-54-20-25-59-28-31-62-34-44(32-60-29-26-57-23-18-52-13-7-2,33-61-30-27-58-24-19-53-14-8-3)49-36(50)11-16-55-21-22-56-17-12-37(51)63-43-38(35(4)5)39(45)40(46)41(47)42(43)48/h4,6-34H2,1-3,5H3,(H,49,50). The lowest BCUT2D eigenvalue weighted by molar-refractivity contribution is -0.136. The fourth-order valence-electron chi connectivity index (χ4n) is 5.35. The first-order chi connectivity index (χ1) is 30.5. The van der Waals surface area contributed by atoms with Gasteiger partial charge in [0.15, 0.2) is 17.4 Å². The monoisotopic (exact) mass is 915 g/mol. The first-order valence-corrected chi connectivity index (χ1v) is 21.9. The molecule has 15 nitrogen and oxygen atoms in total. The molecule has 19 heteroatoms. The highest BCUT2D eigenvalue weighted by molar-refractivity contribution is 5.77. The zero-order valence-corrected chi connectivity index (χ0v) is 37.9. The van der Waals surface area contributed by atoms with Gasteiger partial charge < -0.3 is 62.2 Å². The van der Waals surface area contributed by atoms with Crippen LogP contribution in [-0.2, 0) is 61.7 Å². The number of allylic oxidation sites excluding steroid dienone is 1. The number of carbonyl (C=O) groups is 2. The van der Waals surface area contributed by atoms with Gasteiger partial charge >= 0.3 is 5.97 Å². The highest BCUT2D eigenvalue weighted by Gasteiger charge is 2.34. The Kier molecular flexibility index (Phi) is 35.5. The maximum Gasteiger partial charge on any atom is 0.313 e. The van der Waals surface area contributed by atoms with Crippen molar-refractivity contribution in [3.63, 3.8) is 0 Å². The number of nitrogens with one attached hydrogen (secondary N) is 1. The average molecular weight is 916 g/mol. The van der Waals surface area contributed by atoms with Gasteiger partial charge in [0.05, 0.1) is 138 Å². The minimum absolute atomic E-state index is 0.00614. The number of benzene rings is 1. The average Bonchev–Trinajstić information content (AvgIpc) is 3.26. The summed E-state index contributed by atoms with van der Waals surface area (Å²) in [4.78, 5) is 25.6. The van der Waals surface area contributed by atoms with Crippen molar-refractivity contribution in [1.82, 2.24) is 5.32 Å². The van der Waals surface area contributed by atoms with Gasteiger partial charge in [-0.15, -0.1) is 0 Å². The smallest absolute Gasteiger partial charge is 0.313 e. The Labute approximate surface area is 371 Å². The number of hydrogen-bond donors (Lipinski definition) is 1. The van der Waals surface area contributed by atoms with Crippen molar-refractivity contribution in [2.45, 2.75) is 78.2 Å². The van der Waals surface area contributed by atoms with Crippen molar-refractivity contribution in [3.05, 3.63) is 35.4 Å². The van der Waals surface area contributed by atoms with Crippen LogP contribution >= 0.6 is 0 Å². The van der Waals surface area contributed by atoms with Gasteiger partial charge in [0.1, 0.15) is 5.54 Å². The zero-order valence-electron chi connectivity index (χ0n) is 37.9. The molecule has 1 rings (SSSR count). The summed E-state index contributed by atoms with van der Waals surface area (Å²) in [6.45, 7) is 17.1. The fraction of sp³-hybridized carbons (Fsp3) is 0.773. The van der Waals surface area contributed by atoms with Crippen LogP contribution in [0.5, 0.6) is 5.75 Å². The number of rotatable bonds is 44. The second-order valence-corrected chi connectivity index (χ2v) is 14.3. The van der Waals surface area contributed by atoms with Crippen molar-refractivity contribution in [2.75, 3.05) is 145 Å². The summed E-state index contributed by atoms with van der Waals surface area (Å²) in [5.74, 6) is -10.3. The molecule has 1 aromatic rings. The second kappa shape index (κ2) is 38.4. The minimum atomic E-state index is -2.12. The van der Waals surface area contributed by atoms with Crippen molar-refractivity contribution in [3.8, 4) is 5.75 Å². The molecular weight excluding hydrogens is 842 g/mol. The molecule has 1 N–H and O–H groups in total. The van der Waals surface area contributed by atoms with E-state index in [-0.39, 0.29) is 84.0 Å². The third-order valence-electron chi connectivity index (χ3n) is 8.52. The van der Waals surface area contributed by atoms with Gasteiger partial charge in [-0.05, 0) is 31.8 Å². The lowest BCUT2D eigenvalue weighted by atomic mass is 10.0. The van der Waals surface area contributed by atoms with E-state index in [4.69, 9.17) is 56.8 Å². The third kappa shape index (κ3) is 28.0. The topological polar surface area (TPSA) is 157 Å². The van der Waals surface area contributed by atoms with Crippen LogP contribution in [0.4, 0.5) is 17.6 Å². The molecule has 0 bridgehead atoms. The van der Waals surface area contributed by atoms with E-state index in [0.29, 0.717) is 79.3 Å². The van der Waals surface area contributed by atoms with Crippen molar-refractivity contribution < 1.29 is 84.0 Å². The molecule has 1 aromatic carbocycles. The van der Waals surface area contributed by atoms with Gasteiger partial charge in [0, 0.05) is 26.2 Å². The Balaban J connectivity index is 2.73. The highest BCUT2D eigenvalue weighted by Crippen LogP contribution is 2.34. The molecule has 0 spiro atoms. The summed E-state index contributed by atoms with van der Waals surface area (Å²) in [5, 5.41) is 3.03. The van der Waals surface area contributed by atoms with Gasteiger partial charge in [-0.2, -0.15) is 4.39 Å². The maximum atomic E-state index is 14.3. The molecule has 0 saturated heterocycles. The molecule has 0 aromatic heterocycles.